The predicted octanol–water partition coefficient (Wildman–Crippen LogP) is -0.291. The Bertz CT molecular complexity index is 462. The minimum atomic E-state index is -0.993. The Morgan fingerprint density at radius 2 is 2.47 bits per heavy atom. The third-order valence-corrected chi connectivity index (χ3v) is 1.97. The van der Waals surface area contributed by atoms with Gasteiger partial charge >= 0.3 is 5.97 Å². The third-order valence-electron chi connectivity index (χ3n) is 1.97. The molecule has 0 radical (unpaired) electrons. The molecule has 2 rings (SSSR count). The Morgan fingerprint density at radius 3 is 3.07 bits per heavy atom. The van der Waals surface area contributed by atoms with Gasteiger partial charge in [0.1, 0.15) is 0 Å². The van der Waals surface area contributed by atoms with Crippen LogP contribution in [0.15, 0.2) is 12.4 Å². The Morgan fingerprint density at radius 1 is 1.67 bits per heavy atom. The summed E-state index contributed by atoms with van der Waals surface area (Å²) in [6.07, 6.45) is 3.12. The minimum Gasteiger partial charge on any atom is -0.480 e. The van der Waals surface area contributed by atoms with Gasteiger partial charge in [-0.1, -0.05) is 0 Å². The lowest BCUT2D eigenvalue weighted by Crippen LogP contribution is -2.17. The van der Waals surface area contributed by atoms with Crippen LogP contribution in [0.5, 0.6) is 0 Å². The molecule has 0 saturated carbocycles. The van der Waals surface area contributed by atoms with Crippen LogP contribution < -0.4 is 0 Å². The molecule has 2 aromatic heterocycles. The molecule has 8 heteroatoms. The van der Waals surface area contributed by atoms with E-state index in [4.69, 9.17) is 5.11 Å². The summed E-state index contributed by atoms with van der Waals surface area (Å²) >= 11 is 0. The number of carbonyl (C=O) groups is 1. The SMILES string of the molecule is CC(C(=O)O)n1nnnc1-c1cn[nH]c1. The van der Waals surface area contributed by atoms with Crippen LogP contribution in [0.25, 0.3) is 11.4 Å². The average Bonchev–Trinajstić information content (AvgIpc) is 2.86. The number of aromatic amines is 1. The van der Waals surface area contributed by atoms with Crippen molar-refractivity contribution >= 4 is 5.97 Å². The average molecular weight is 208 g/mol. The van der Waals surface area contributed by atoms with Gasteiger partial charge in [-0.3, -0.25) is 5.10 Å². The zero-order valence-electron chi connectivity index (χ0n) is 7.82. The summed E-state index contributed by atoms with van der Waals surface area (Å²) in [7, 11) is 0. The van der Waals surface area contributed by atoms with Crippen LogP contribution in [0.2, 0.25) is 0 Å². The van der Waals surface area contributed by atoms with Crippen LogP contribution in [0, 0.1) is 0 Å². The van der Waals surface area contributed by atoms with Gasteiger partial charge in [-0.2, -0.15) is 5.10 Å². The smallest absolute Gasteiger partial charge is 0.328 e. The first-order valence-electron chi connectivity index (χ1n) is 4.20. The van der Waals surface area contributed by atoms with Gasteiger partial charge in [0, 0.05) is 6.20 Å². The molecule has 0 saturated heterocycles. The normalized spacial score (nSPS) is 12.6. The van der Waals surface area contributed by atoms with E-state index >= 15 is 0 Å². The second-order valence-electron chi connectivity index (χ2n) is 2.95. The lowest BCUT2D eigenvalue weighted by Gasteiger charge is -2.06. The number of tetrazole rings is 1. The first-order valence-corrected chi connectivity index (χ1v) is 4.20. The Labute approximate surface area is 83.9 Å². The van der Waals surface area contributed by atoms with Gasteiger partial charge in [-0.25, -0.2) is 9.48 Å². The van der Waals surface area contributed by atoms with E-state index in [1.54, 1.807) is 6.20 Å². The van der Waals surface area contributed by atoms with E-state index in [1.807, 2.05) is 0 Å². The fourth-order valence-electron chi connectivity index (χ4n) is 1.12. The lowest BCUT2D eigenvalue weighted by atomic mass is 10.3. The van der Waals surface area contributed by atoms with Crippen molar-refractivity contribution in [2.24, 2.45) is 0 Å². The molecule has 0 amide bonds. The fourth-order valence-corrected chi connectivity index (χ4v) is 1.12. The summed E-state index contributed by atoms with van der Waals surface area (Å²) in [6, 6.07) is -0.815. The van der Waals surface area contributed by atoms with E-state index in [9.17, 15) is 4.79 Å². The number of rotatable bonds is 3. The van der Waals surface area contributed by atoms with Crippen molar-refractivity contribution in [3.05, 3.63) is 12.4 Å². The van der Waals surface area contributed by atoms with Crippen LogP contribution in [0.1, 0.15) is 13.0 Å². The van der Waals surface area contributed by atoms with E-state index in [2.05, 4.69) is 25.7 Å². The maximum atomic E-state index is 10.8. The zero-order valence-corrected chi connectivity index (χ0v) is 7.82. The zero-order chi connectivity index (χ0) is 10.8. The molecule has 0 fully saturated rings. The highest BCUT2D eigenvalue weighted by Gasteiger charge is 2.20. The molecule has 78 valence electrons. The number of hydrogen-bond donors (Lipinski definition) is 2. The van der Waals surface area contributed by atoms with Crippen molar-refractivity contribution in [3.8, 4) is 11.4 Å². The Kier molecular flexibility index (Phi) is 2.16. The van der Waals surface area contributed by atoms with Crippen LogP contribution >= 0.6 is 0 Å². The van der Waals surface area contributed by atoms with E-state index in [1.165, 1.54) is 17.8 Å². The van der Waals surface area contributed by atoms with Crippen LogP contribution in [0.4, 0.5) is 0 Å². The topological polar surface area (TPSA) is 110 Å². The van der Waals surface area contributed by atoms with Crippen molar-refractivity contribution in [1.29, 1.82) is 0 Å². The van der Waals surface area contributed by atoms with E-state index in [0.29, 0.717) is 11.4 Å². The molecule has 1 unspecified atom stereocenters. The fraction of sp³-hybridized carbons (Fsp3) is 0.286. The molecule has 0 spiro atoms. The molecule has 0 bridgehead atoms. The molecule has 2 N–H and O–H groups in total. The molecule has 2 aromatic rings. The summed E-state index contributed by atoms with van der Waals surface area (Å²) in [5.41, 5.74) is 0.646. The first kappa shape index (κ1) is 9.31. The maximum Gasteiger partial charge on any atom is 0.328 e. The van der Waals surface area contributed by atoms with Gasteiger partial charge < -0.3 is 5.11 Å². The molecule has 1 atom stereocenters. The number of H-pyrrole nitrogens is 1. The molecular weight excluding hydrogens is 200 g/mol. The highest BCUT2D eigenvalue weighted by molar-refractivity contribution is 5.72. The van der Waals surface area contributed by atoms with Crippen molar-refractivity contribution < 1.29 is 9.90 Å². The summed E-state index contributed by atoms with van der Waals surface area (Å²) in [6.45, 7) is 1.50. The van der Waals surface area contributed by atoms with Gasteiger partial charge in [-0.15, -0.1) is 5.10 Å². The van der Waals surface area contributed by atoms with Gasteiger partial charge in [-0.05, 0) is 17.4 Å². The van der Waals surface area contributed by atoms with Crippen LogP contribution in [-0.2, 0) is 4.79 Å². The number of hydrogen-bond acceptors (Lipinski definition) is 5. The number of aliphatic carboxylic acids is 1. The number of carboxylic acid groups (broad SMARTS) is 1. The molecule has 8 nitrogen and oxygen atoms in total. The number of aromatic nitrogens is 6. The molecule has 2 heterocycles. The van der Waals surface area contributed by atoms with E-state index in [-0.39, 0.29) is 0 Å². The molecule has 0 aliphatic rings. The molecule has 0 aliphatic heterocycles. The molecular formula is C7H8N6O2. The first-order chi connectivity index (χ1) is 7.20. The van der Waals surface area contributed by atoms with Crippen molar-refractivity contribution in [2.45, 2.75) is 13.0 Å². The lowest BCUT2D eigenvalue weighted by molar-refractivity contribution is -0.140. The highest BCUT2D eigenvalue weighted by atomic mass is 16.4. The number of nitrogens with one attached hydrogen (secondary N) is 1. The number of nitrogens with zero attached hydrogens (tertiary/aromatic N) is 5. The molecule has 15 heavy (non-hydrogen) atoms. The van der Waals surface area contributed by atoms with Crippen LogP contribution in [-0.4, -0.2) is 41.5 Å². The van der Waals surface area contributed by atoms with Gasteiger partial charge in [0.05, 0.1) is 11.8 Å². The molecule has 0 aromatic carbocycles. The third kappa shape index (κ3) is 1.56. The number of carboxylic acids is 1. The predicted molar refractivity (Wildman–Crippen MR) is 47.7 cm³/mol. The van der Waals surface area contributed by atoms with Crippen LogP contribution in [0.3, 0.4) is 0 Å². The Hall–Kier alpha value is -2.25. The second-order valence-corrected chi connectivity index (χ2v) is 2.95. The summed E-state index contributed by atoms with van der Waals surface area (Å²) in [5.74, 6) is -0.620. The Balaban J connectivity index is 2.43. The van der Waals surface area contributed by atoms with E-state index < -0.39 is 12.0 Å². The van der Waals surface area contributed by atoms with E-state index in [0.717, 1.165) is 0 Å². The summed E-state index contributed by atoms with van der Waals surface area (Å²) in [4.78, 5) is 10.8. The monoisotopic (exact) mass is 208 g/mol. The maximum absolute atomic E-state index is 10.8. The minimum absolute atomic E-state index is 0.374. The van der Waals surface area contributed by atoms with Gasteiger partial charge in [0.15, 0.2) is 11.9 Å². The molecule has 0 aliphatic carbocycles. The van der Waals surface area contributed by atoms with Gasteiger partial charge in [0.25, 0.3) is 0 Å². The largest absolute Gasteiger partial charge is 0.480 e. The van der Waals surface area contributed by atoms with Crippen molar-refractivity contribution in [1.82, 2.24) is 30.4 Å². The van der Waals surface area contributed by atoms with Gasteiger partial charge in [0.2, 0.25) is 0 Å². The highest BCUT2D eigenvalue weighted by Crippen LogP contribution is 2.16. The quantitative estimate of drug-likeness (QED) is 0.717. The summed E-state index contributed by atoms with van der Waals surface area (Å²) in [5, 5.41) is 26.0. The standard InChI is InChI=1S/C7H8N6O2/c1-4(7(14)15)13-6(10-11-12-13)5-2-8-9-3-5/h2-4H,1H3,(H,8,9)(H,14,15). The van der Waals surface area contributed by atoms with Crippen molar-refractivity contribution in [3.63, 3.8) is 0 Å². The second kappa shape index (κ2) is 3.48. The summed E-state index contributed by atoms with van der Waals surface area (Å²) < 4.78 is 1.23. The van der Waals surface area contributed by atoms with Crippen molar-refractivity contribution in [2.75, 3.05) is 0 Å².